The molecule has 224 valence electrons. The maximum atomic E-state index is 11.5. The summed E-state index contributed by atoms with van der Waals surface area (Å²) in [6, 6.07) is 0. The Bertz CT molecular complexity index is 414. The quantitative estimate of drug-likeness (QED) is 0.0764. The molecule has 0 aliphatic carbocycles. The predicted molar refractivity (Wildman–Crippen MR) is 163 cm³/mol. The lowest BCUT2D eigenvalue weighted by Gasteiger charge is -2.29. The third-order valence-corrected chi connectivity index (χ3v) is 8.35. The Morgan fingerprint density at radius 2 is 0.541 bits per heavy atom. The first-order valence-electron chi connectivity index (χ1n) is 17.1. The van der Waals surface area contributed by atoms with Crippen molar-refractivity contribution in [2.45, 2.75) is 205 Å². The summed E-state index contributed by atoms with van der Waals surface area (Å²) in [4.78, 5) is 0. The van der Waals surface area contributed by atoms with Gasteiger partial charge in [0.15, 0.2) is 0 Å². The summed E-state index contributed by atoms with van der Waals surface area (Å²) in [6.45, 7) is 2.97. The van der Waals surface area contributed by atoms with Gasteiger partial charge in [-0.3, -0.25) is 0 Å². The summed E-state index contributed by atoms with van der Waals surface area (Å²) in [5.41, 5.74) is -0.408. The van der Waals surface area contributed by atoms with Crippen molar-refractivity contribution in [1.29, 1.82) is 0 Å². The molecular formula is C34H70O3. The highest BCUT2D eigenvalue weighted by Gasteiger charge is 2.25. The maximum absolute atomic E-state index is 11.5. The van der Waals surface area contributed by atoms with E-state index < -0.39 is 5.60 Å². The fourth-order valence-corrected chi connectivity index (χ4v) is 5.75. The zero-order valence-electron chi connectivity index (χ0n) is 25.5. The number of hydrogen-bond acceptors (Lipinski definition) is 3. The topological polar surface area (TPSA) is 60.7 Å². The van der Waals surface area contributed by atoms with Crippen LogP contribution >= 0.6 is 0 Å². The van der Waals surface area contributed by atoms with Crippen LogP contribution in [0.25, 0.3) is 0 Å². The van der Waals surface area contributed by atoms with E-state index in [4.69, 9.17) is 10.2 Å². The molecule has 0 saturated heterocycles. The Kier molecular flexibility index (Phi) is 30.3. The van der Waals surface area contributed by atoms with Crippen molar-refractivity contribution in [2.24, 2.45) is 0 Å². The summed E-state index contributed by atoms with van der Waals surface area (Å²) < 4.78 is 0. The van der Waals surface area contributed by atoms with E-state index in [0.29, 0.717) is 13.2 Å². The highest BCUT2D eigenvalue weighted by atomic mass is 16.3. The Morgan fingerprint density at radius 3 is 0.784 bits per heavy atom. The van der Waals surface area contributed by atoms with Crippen LogP contribution in [-0.2, 0) is 0 Å². The van der Waals surface area contributed by atoms with Gasteiger partial charge in [0.25, 0.3) is 0 Å². The molecule has 37 heavy (non-hydrogen) atoms. The van der Waals surface area contributed by atoms with Crippen LogP contribution in [0.15, 0.2) is 0 Å². The molecule has 0 aliphatic rings. The van der Waals surface area contributed by atoms with Crippen LogP contribution in [-0.4, -0.2) is 34.1 Å². The van der Waals surface area contributed by atoms with E-state index in [2.05, 4.69) is 6.92 Å². The van der Waals surface area contributed by atoms with Gasteiger partial charge in [0, 0.05) is 13.2 Å². The Morgan fingerprint density at radius 1 is 0.324 bits per heavy atom. The first-order chi connectivity index (χ1) is 18.2. The van der Waals surface area contributed by atoms with Gasteiger partial charge in [0.05, 0.1) is 5.60 Å². The minimum Gasteiger partial charge on any atom is -0.396 e. The normalized spacial score (nSPS) is 13.3. The van der Waals surface area contributed by atoms with Crippen LogP contribution in [0.3, 0.4) is 0 Å². The Balaban J connectivity index is 3.89. The van der Waals surface area contributed by atoms with Crippen LogP contribution in [0, 0.1) is 0 Å². The van der Waals surface area contributed by atoms with Crippen molar-refractivity contribution < 1.29 is 15.3 Å². The number of aliphatic hydroxyl groups is 3. The van der Waals surface area contributed by atoms with Crippen molar-refractivity contribution in [3.8, 4) is 0 Å². The highest BCUT2D eigenvalue weighted by Crippen LogP contribution is 2.29. The monoisotopic (exact) mass is 527 g/mol. The van der Waals surface area contributed by atoms with Gasteiger partial charge in [-0.15, -0.1) is 0 Å². The lowest BCUT2D eigenvalue weighted by atomic mass is 9.85. The molecule has 3 nitrogen and oxygen atoms in total. The molecule has 0 fully saturated rings. The summed E-state index contributed by atoms with van der Waals surface area (Å²) in [5, 5.41) is 29.1. The molecule has 0 heterocycles. The van der Waals surface area contributed by atoms with Crippen molar-refractivity contribution in [3.05, 3.63) is 0 Å². The van der Waals surface area contributed by atoms with Crippen LogP contribution in [0.4, 0.5) is 0 Å². The number of rotatable bonds is 32. The van der Waals surface area contributed by atoms with Crippen LogP contribution < -0.4 is 0 Å². The Hall–Kier alpha value is -0.120. The SMILES string of the molecule is CCCCCCCC(O)(CCCCCCCCCCCCO)CCCCCCCCCCCCCCO. The van der Waals surface area contributed by atoms with Gasteiger partial charge in [-0.05, 0) is 32.1 Å². The third-order valence-electron chi connectivity index (χ3n) is 8.35. The first kappa shape index (κ1) is 36.9. The van der Waals surface area contributed by atoms with Crippen molar-refractivity contribution in [1.82, 2.24) is 0 Å². The molecule has 0 aromatic heterocycles. The molecule has 0 aromatic carbocycles. The number of unbranched alkanes of at least 4 members (excludes halogenated alkanes) is 24. The zero-order valence-corrected chi connectivity index (χ0v) is 25.5. The van der Waals surface area contributed by atoms with E-state index in [-0.39, 0.29) is 0 Å². The summed E-state index contributed by atoms with van der Waals surface area (Å²) in [7, 11) is 0. The molecule has 0 amide bonds. The molecule has 3 N–H and O–H groups in total. The van der Waals surface area contributed by atoms with Gasteiger partial charge in [-0.2, -0.15) is 0 Å². The van der Waals surface area contributed by atoms with Crippen LogP contribution in [0.2, 0.25) is 0 Å². The maximum Gasteiger partial charge on any atom is 0.0647 e. The third kappa shape index (κ3) is 28.7. The van der Waals surface area contributed by atoms with Gasteiger partial charge in [0.2, 0.25) is 0 Å². The average Bonchev–Trinajstić information content (AvgIpc) is 2.90. The van der Waals surface area contributed by atoms with Crippen LogP contribution in [0.5, 0.6) is 0 Å². The average molecular weight is 527 g/mol. The molecule has 1 unspecified atom stereocenters. The van der Waals surface area contributed by atoms with E-state index in [1.165, 1.54) is 161 Å². The molecule has 1 atom stereocenters. The molecule has 0 aromatic rings. The molecule has 3 heteroatoms. The highest BCUT2D eigenvalue weighted by molar-refractivity contribution is 4.78. The first-order valence-corrected chi connectivity index (χ1v) is 17.1. The van der Waals surface area contributed by atoms with Gasteiger partial charge < -0.3 is 15.3 Å². The number of hydrogen-bond donors (Lipinski definition) is 3. The lowest BCUT2D eigenvalue weighted by Crippen LogP contribution is -2.28. The van der Waals surface area contributed by atoms with E-state index in [0.717, 1.165) is 32.1 Å². The second-order valence-corrected chi connectivity index (χ2v) is 12.1. The summed E-state index contributed by atoms with van der Waals surface area (Å²) >= 11 is 0. The molecule has 0 bridgehead atoms. The van der Waals surface area contributed by atoms with Crippen molar-refractivity contribution in [3.63, 3.8) is 0 Å². The molecule has 0 saturated carbocycles. The van der Waals surface area contributed by atoms with Crippen LogP contribution in [0.1, 0.15) is 200 Å². The van der Waals surface area contributed by atoms with E-state index in [9.17, 15) is 5.11 Å². The van der Waals surface area contributed by atoms with Crippen molar-refractivity contribution in [2.75, 3.05) is 13.2 Å². The molecule has 0 radical (unpaired) electrons. The smallest absolute Gasteiger partial charge is 0.0647 e. The van der Waals surface area contributed by atoms with E-state index in [1.807, 2.05) is 0 Å². The van der Waals surface area contributed by atoms with E-state index >= 15 is 0 Å². The fourth-order valence-electron chi connectivity index (χ4n) is 5.75. The van der Waals surface area contributed by atoms with Gasteiger partial charge >= 0.3 is 0 Å². The minimum absolute atomic E-state index is 0.347. The standard InChI is InChI=1S/C34H70O3/c1-2-3-4-19-24-29-34(37,31-26-21-16-12-8-10-14-18-23-28-33-36)30-25-20-15-11-7-5-6-9-13-17-22-27-32-35/h35-37H,2-33H2,1H3. The van der Waals surface area contributed by atoms with Gasteiger partial charge in [-0.25, -0.2) is 0 Å². The second-order valence-electron chi connectivity index (χ2n) is 12.1. The molecule has 0 rings (SSSR count). The summed E-state index contributed by atoms with van der Waals surface area (Å²) in [5.74, 6) is 0. The second kappa shape index (κ2) is 30.4. The molecule has 0 aliphatic heterocycles. The predicted octanol–water partition coefficient (Wildman–Crippen LogP) is 10.4. The molecule has 0 spiro atoms. The van der Waals surface area contributed by atoms with Gasteiger partial charge in [-0.1, -0.05) is 167 Å². The Labute approximate surface area is 233 Å². The molecular weight excluding hydrogens is 456 g/mol. The number of aliphatic hydroxyl groups excluding tert-OH is 2. The largest absolute Gasteiger partial charge is 0.396 e. The fraction of sp³-hybridized carbons (Fsp3) is 1.00. The van der Waals surface area contributed by atoms with E-state index in [1.54, 1.807) is 0 Å². The summed E-state index contributed by atoms with van der Waals surface area (Å²) in [6.07, 6.45) is 37.6. The minimum atomic E-state index is -0.408. The zero-order chi connectivity index (χ0) is 27.1. The van der Waals surface area contributed by atoms with Crippen molar-refractivity contribution >= 4 is 0 Å². The van der Waals surface area contributed by atoms with Gasteiger partial charge in [0.1, 0.15) is 0 Å². The lowest BCUT2D eigenvalue weighted by molar-refractivity contribution is 0.00705.